The van der Waals surface area contributed by atoms with Gasteiger partial charge in [-0.15, -0.1) is 0 Å². The largest absolute Gasteiger partial charge is 0.387 e. The molecule has 3 heterocycles. The molecule has 5 rings (SSSR count). The molecule has 28 heavy (non-hydrogen) atoms. The molecule has 0 fully saturated rings. The number of rotatable bonds is 3. The summed E-state index contributed by atoms with van der Waals surface area (Å²) in [7, 11) is 0. The number of nitrogens with one attached hydrogen (secondary N) is 1. The van der Waals surface area contributed by atoms with E-state index in [1.807, 2.05) is 6.07 Å². The minimum atomic E-state index is -0.445. The Kier molecular flexibility index (Phi) is 3.48. The van der Waals surface area contributed by atoms with Crippen molar-refractivity contribution in [2.45, 2.75) is 12.5 Å². The number of non-ortho nitro benzene ring substituents is 1. The second-order valence-electron chi connectivity index (χ2n) is 6.46. The Balaban J connectivity index is 1.49. The van der Waals surface area contributed by atoms with Crippen molar-refractivity contribution >= 4 is 27.9 Å². The van der Waals surface area contributed by atoms with Gasteiger partial charge in [0.1, 0.15) is 0 Å². The number of hydrogen-bond donors (Lipinski definition) is 1. The zero-order chi connectivity index (χ0) is 19.3. The molecule has 1 unspecified atom stereocenters. The third-order valence-electron chi connectivity index (χ3n) is 4.81. The second kappa shape index (κ2) is 6.02. The van der Waals surface area contributed by atoms with Crippen LogP contribution in [0.3, 0.4) is 0 Å². The second-order valence-corrected chi connectivity index (χ2v) is 6.46. The van der Waals surface area contributed by atoms with Gasteiger partial charge < -0.3 is 4.84 Å². The van der Waals surface area contributed by atoms with Gasteiger partial charge in [-0.25, -0.2) is 9.50 Å². The maximum atomic E-state index is 12.7. The number of aromatic nitrogens is 3. The van der Waals surface area contributed by atoms with E-state index in [9.17, 15) is 14.9 Å². The normalized spacial score (nSPS) is 16.3. The highest BCUT2D eigenvalue weighted by atomic mass is 16.6. The van der Waals surface area contributed by atoms with Crippen LogP contribution in [0.5, 0.6) is 0 Å². The molecule has 0 saturated carbocycles. The van der Waals surface area contributed by atoms with Crippen LogP contribution in [0.25, 0.3) is 16.6 Å². The molecule has 2 aromatic carbocycles. The Bertz CT molecular complexity index is 1320. The smallest absolute Gasteiger partial charge is 0.280 e. The van der Waals surface area contributed by atoms with Crippen molar-refractivity contribution < 1.29 is 9.76 Å². The molecule has 9 nitrogen and oxygen atoms in total. The fourth-order valence-electron chi connectivity index (χ4n) is 3.37. The number of nitro groups is 1. The third kappa shape index (κ3) is 2.44. The van der Waals surface area contributed by atoms with E-state index < -0.39 is 11.0 Å². The van der Waals surface area contributed by atoms with E-state index >= 15 is 0 Å². The minimum absolute atomic E-state index is 0.0203. The molecule has 4 aromatic rings. The van der Waals surface area contributed by atoms with Gasteiger partial charge in [0, 0.05) is 24.8 Å². The van der Waals surface area contributed by atoms with Crippen molar-refractivity contribution in [3.63, 3.8) is 0 Å². The molecule has 1 aliphatic rings. The first-order valence-corrected chi connectivity index (χ1v) is 8.58. The molecular formula is C19H13N5O4. The van der Waals surface area contributed by atoms with E-state index in [0.29, 0.717) is 28.7 Å². The summed E-state index contributed by atoms with van der Waals surface area (Å²) in [5.74, 6) is 0. The van der Waals surface area contributed by atoms with Crippen molar-refractivity contribution in [1.82, 2.24) is 14.6 Å². The van der Waals surface area contributed by atoms with Crippen LogP contribution >= 0.6 is 0 Å². The van der Waals surface area contributed by atoms with E-state index in [4.69, 9.17) is 4.84 Å². The lowest BCUT2D eigenvalue weighted by atomic mass is 10.0. The van der Waals surface area contributed by atoms with E-state index in [-0.39, 0.29) is 11.2 Å². The number of fused-ring (bicyclic) bond motifs is 2. The fraction of sp³-hybridized carbons (Fsp3) is 0.105. The van der Waals surface area contributed by atoms with Crippen LogP contribution in [0, 0.1) is 10.1 Å². The molecule has 0 amide bonds. The Morgan fingerprint density at radius 3 is 2.75 bits per heavy atom. The van der Waals surface area contributed by atoms with Gasteiger partial charge in [-0.2, -0.15) is 0 Å². The summed E-state index contributed by atoms with van der Waals surface area (Å²) >= 11 is 0. The van der Waals surface area contributed by atoms with Crippen LogP contribution in [0.15, 0.2) is 64.7 Å². The standard InChI is InChI=1S/C19H13N5O4/c25-19-13-3-1-2-4-15(13)21-18-14(10-20-23(18)19)17-9-16(22-28-17)11-5-7-12(8-6-11)24(26)27/h1-8,10,17,20H,9H2. The number of aromatic amines is 1. The molecule has 138 valence electrons. The number of oxime groups is 1. The SMILES string of the molecule is O=c1c2ccccc2nc2c(C3CC(c4ccc([N+](=O)[O-])cc4)=NO3)c[nH]n12. The first kappa shape index (κ1) is 16.2. The fourth-order valence-corrected chi connectivity index (χ4v) is 3.37. The van der Waals surface area contributed by atoms with Gasteiger partial charge in [0.25, 0.3) is 11.2 Å². The van der Waals surface area contributed by atoms with Crippen LogP contribution in [0.4, 0.5) is 5.69 Å². The summed E-state index contributed by atoms with van der Waals surface area (Å²) in [6.07, 6.45) is 1.76. The Labute approximate surface area is 157 Å². The monoisotopic (exact) mass is 375 g/mol. The van der Waals surface area contributed by atoms with Gasteiger partial charge in [0.05, 0.1) is 27.1 Å². The van der Waals surface area contributed by atoms with E-state index in [1.54, 1.807) is 36.5 Å². The predicted octanol–water partition coefficient (Wildman–Crippen LogP) is 2.95. The number of H-pyrrole nitrogens is 1. The van der Waals surface area contributed by atoms with E-state index in [1.165, 1.54) is 16.6 Å². The number of nitrogens with zero attached hydrogens (tertiary/aromatic N) is 4. The van der Waals surface area contributed by atoms with Crippen LogP contribution in [0.2, 0.25) is 0 Å². The van der Waals surface area contributed by atoms with Crippen LogP contribution in [0.1, 0.15) is 23.7 Å². The summed E-state index contributed by atoms with van der Waals surface area (Å²) in [5, 5.41) is 18.4. The quantitative estimate of drug-likeness (QED) is 0.437. The number of hydrogen-bond acceptors (Lipinski definition) is 6. The van der Waals surface area contributed by atoms with Gasteiger partial charge in [-0.05, 0) is 29.8 Å². The first-order valence-electron chi connectivity index (χ1n) is 8.58. The van der Waals surface area contributed by atoms with Crippen molar-refractivity contribution in [1.29, 1.82) is 0 Å². The highest BCUT2D eigenvalue weighted by Crippen LogP contribution is 2.31. The van der Waals surface area contributed by atoms with Gasteiger partial charge in [0.2, 0.25) is 0 Å². The molecule has 0 saturated heterocycles. The average molecular weight is 375 g/mol. The highest BCUT2D eigenvalue weighted by molar-refractivity contribution is 6.01. The molecule has 1 atom stereocenters. The van der Waals surface area contributed by atoms with E-state index in [0.717, 1.165) is 11.1 Å². The molecule has 2 aromatic heterocycles. The first-order chi connectivity index (χ1) is 13.6. The maximum absolute atomic E-state index is 12.7. The van der Waals surface area contributed by atoms with Crippen LogP contribution < -0.4 is 5.56 Å². The van der Waals surface area contributed by atoms with Gasteiger partial charge in [0.15, 0.2) is 11.8 Å². The summed E-state index contributed by atoms with van der Waals surface area (Å²) in [6, 6.07) is 13.3. The van der Waals surface area contributed by atoms with Crippen LogP contribution in [-0.2, 0) is 4.84 Å². The van der Waals surface area contributed by atoms with Crippen LogP contribution in [-0.4, -0.2) is 25.2 Å². The molecular weight excluding hydrogens is 362 g/mol. The van der Waals surface area contributed by atoms with Gasteiger partial charge in [-0.1, -0.05) is 17.3 Å². The Hall–Kier alpha value is -4.01. The summed E-state index contributed by atoms with van der Waals surface area (Å²) in [4.78, 5) is 33.2. The van der Waals surface area contributed by atoms with Gasteiger partial charge >= 0.3 is 0 Å². The Morgan fingerprint density at radius 1 is 1.18 bits per heavy atom. The highest BCUT2D eigenvalue weighted by Gasteiger charge is 2.28. The van der Waals surface area contributed by atoms with E-state index in [2.05, 4.69) is 15.2 Å². The van der Waals surface area contributed by atoms with Crippen molar-refractivity contribution in [3.8, 4) is 0 Å². The lowest BCUT2D eigenvalue weighted by Crippen LogP contribution is -2.15. The van der Waals surface area contributed by atoms with Gasteiger partial charge in [-0.3, -0.25) is 20.0 Å². The molecule has 1 aliphatic heterocycles. The zero-order valence-electron chi connectivity index (χ0n) is 14.4. The zero-order valence-corrected chi connectivity index (χ0v) is 14.4. The summed E-state index contributed by atoms with van der Waals surface area (Å²) in [5.41, 5.74) is 3.11. The van der Waals surface area contributed by atoms with Crippen molar-refractivity contribution in [2.24, 2.45) is 5.16 Å². The summed E-state index contributed by atoms with van der Waals surface area (Å²) in [6.45, 7) is 0. The van der Waals surface area contributed by atoms with Crippen molar-refractivity contribution in [2.75, 3.05) is 0 Å². The predicted molar refractivity (Wildman–Crippen MR) is 101 cm³/mol. The number of benzene rings is 2. The molecule has 0 aliphatic carbocycles. The minimum Gasteiger partial charge on any atom is -0.387 e. The van der Waals surface area contributed by atoms with Crippen molar-refractivity contribution in [3.05, 3.63) is 86.3 Å². The molecule has 1 N–H and O–H groups in total. The third-order valence-corrected chi connectivity index (χ3v) is 4.81. The average Bonchev–Trinajstić information content (AvgIpc) is 3.35. The number of nitro benzene ring substituents is 1. The maximum Gasteiger partial charge on any atom is 0.280 e. The molecule has 0 bridgehead atoms. The topological polar surface area (TPSA) is 115 Å². The number of para-hydroxylation sites is 1. The lowest BCUT2D eigenvalue weighted by Gasteiger charge is -2.06. The Morgan fingerprint density at radius 2 is 1.96 bits per heavy atom. The summed E-state index contributed by atoms with van der Waals surface area (Å²) < 4.78 is 1.39. The molecule has 9 heteroatoms. The lowest BCUT2D eigenvalue weighted by molar-refractivity contribution is -0.384. The molecule has 0 spiro atoms. The molecule has 0 radical (unpaired) electrons.